The van der Waals surface area contributed by atoms with E-state index < -0.39 is 5.60 Å². The molecule has 1 heterocycles. The molecule has 1 amide bonds. The van der Waals surface area contributed by atoms with Gasteiger partial charge in [-0.25, -0.2) is 9.18 Å². The van der Waals surface area contributed by atoms with Gasteiger partial charge in [0.25, 0.3) is 0 Å². The van der Waals surface area contributed by atoms with E-state index in [1.54, 1.807) is 11.9 Å². The van der Waals surface area contributed by atoms with Crippen LogP contribution in [0.15, 0.2) is 18.2 Å². The molecule has 1 N–H and O–H groups in total. The molecule has 126 valence electrons. The quantitative estimate of drug-likeness (QED) is 0.888. The largest absolute Gasteiger partial charge is 0.444 e. The van der Waals surface area contributed by atoms with Crippen LogP contribution in [-0.4, -0.2) is 36.7 Å². The van der Waals surface area contributed by atoms with E-state index in [4.69, 9.17) is 4.74 Å². The number of anilines is 1. The predicted molar refractivity (Wildman–Crippen MR) is 91.1 cm³/mol. The van der Waals surface area contributed by atoms with E-state index in [0.717, 1.165) is 16.8 Å². The van der Waals surface area contributed by atoms with Gasteiger partial charge in [-0.15, -0.1) is 0 Å². The molecular formula is C18H25FN2O2. The van der Waals surface area contributed by atoms with Gasteiger partial charge in [0.05, 0.1) is 0 Å². The number of carbonyl (C=O) groups excluding carboxylic acids is 1. The number of aryl methyl sites for hydroxylation is 1. The van der Waals surface area contributed by atoms with Crippen molar-refractivity contribution in [2.24, 2.45) is 0 Å². The summed E-state index contributed by atoms with van der Waals surface area (Å²) < 4.78 is 19.7. The molecule has 0 bridgehead atoms. The molecule has 2 rings (SSSR count). The summed E-state index contributed by atoms with van der Waals surface area (Å²) in [5.41, 5.74) is 2.74. The summed E-state index contributed by atoms with van der Waals surface area (Å²) in [6.45, 7) is 8.42. The van der Waals surface area contributed by atoms with E-state index in [0.29, 0.717) is 25.1 Å². The first-order valence-electron chi connectivity index (χ1n) is 7.86. The van der Waals surface area contributed by atoms with Gasteiger partial charge in [-0.2, -0.15) is 0 Å². The Balaban J connectivity index is 2.15. The molecule has 1 aromatic carbocycles. The van der Waals surface area contributed by atoms with Gasteiger partial charge in [-0.05, 0) is 57.4 Å². The van der Waals surface area contributed by atoms with Crippen molar-refractivity contribution >= 4 is 17.4 Å². The monoisotopic (exact) mass is 320 g/mol. The van der Waals surface area contributed by atoms with Crippen molar-refractivity contribution in [3.05, 3.63) is 35.2 Å². The topological polar surface area (TPSA) is 41.6 Å². The highest BCUT2D eigenvalue weighted by atomic mass is 19.1. The van der Waals surface area contributed by atoms with Gasteiger partial charge in [0.1, 0.15) is 11.4 Å². The average molecular weight is 320 g/mol. The van der Waals surface area contributed by atoms with Crippen LogP contribution in [0.25, 0.3) is 5.57 Å². The van der Waals surface area contributed by atoms with Crippen LogP contribution < -0.4 is 5.32 Å². The minimum Gasteiger partial charge on any atom is -0.444 e. The maximum Gasteiger partial charge on any atom is 0.410 e. The summed E-state index contributed by atoms with van der Waals surface area (Å²) in [6.07, 6.45) is 2.21. The number of carbonyl (C=O) groups is 1. The van der Waals surface area contributed by atoms with Crippen LogP contribution in [0.4, 0.5) is 14.9 Å². The van der Waals surface area contributed by atoms with Gasteiger partial charge < -0.3 is 15.0 Å². The number of ether oxygens (including phenoxy) is 1. The lowest BCUT2D eigenvalue weighted by Crippen LogP contribution is -2.39. The molecule has 4 nitrogen and oxygen atoms in total. The molecule has 1 aromatic rings. The number of nitrogens with one attached hydrogen (secondary N) is 1. The fourth-order valence-electron chi connectivity index (χ4n) is 2.68. The molecule has 23 heavy (non-hydrogen) atoms. The van der Waals surface area contributed by atoms with Crippen molar-refractivity contribution in [2.75, 3.05) is 25.5 Å². The second kappa shape index (κ2) is 6.60. The second-order valence-corrected chi connectivity index (χ2v) is 6.81. The molecule has 1 aliphatic rings. The van der Waals surface area contributed by atoms with Crippen molar-refractivity contribution in [2.45, 2.75) is 39.7 Å². The zero-order valence-corrected chi connectivity index (χ0v) is 14.5. The van der Waals surface area contributed by atoms with Gasteiger partial charge in [-0.1, -0.05) is 6.08 Å². The fourth-order valence-corrected chi connectivity index (χ4v) is 2.68. The molecule has 0 unspecified atom stereocenters. The molecular weight excluding hydrogens is 295 g/mol. The van der Waals surface area contributed by atoms with Crippen LogP contribution in [0.1, 0.15) is 38.3 Å². The Morgan fingerprint density at radius 2 is 2.04 bits per heavy atom. The summed E-state index contributed by atoms with van der Waals surface area (Å²) >= 11 is 0. The number of hydrogen-bond donors (Lipinski definition) is 1. The first kappa shape index (κ1) is 17.3. The maximum atomic E-state index is 14.4. The van der Waals surface area contributed by atoms with Gasteiger partial charge in [0, 0.05) is 31.4 Å². The van der Waals surface area contributed by atoms with E-state index in [2.05, 4.69) is 5.32 Å². The van der Waals surface area contributed by atoms with Crippen molar-refractivity contribution in [1.82, 2.24) is 4.90 Å². The molecule has 0 radical (unpaired) electrons. The summed E-state index contributed by atoms with van der Waals surface area (Å²) in [5.74, 6) is -0.230. The SMILES string of the molecule is CNc1cc(C)c(C2=CCN(C(=O)OC(C)(C)C)CC2)c(F)c1. The van der Waals surface area contributed by atoms with Crippen molar-refractivity contribution in [3.63, 3.8) is 0 Å². The minimum absolute atomic E-state index is 0.230. The van der Waals surface area contributed by atoms with Gasteiger partial charge in [-0.3, -0.25) is 0 Å². The maximum absolute atomic E-state index is 14.4. The van der Waals surface area contributed by atoms with E-state index in [1.807, 2.05) is 39.8 Å². The molecule has 0 aliphatic carbocycles. The van der Waals surface area contributed by atoms with Crippen LogP contribution in [0.2, 0.25) is 0 Å². The van der Waals surface area contributed by atoms with Gasteiger partial charge in [0.15, 0.2) is 0 Å². The predicted octanol–water partition coefficient (Wildman–Crippen LogP) is 4.20. The Hall–Kier alpha value is -2.04. The average Bonchev–Trinajstić information content (AvgIpc) is 2.45. The van der Waals surface area contributed by atoms with Crippen LogP contribution >= 0.6 is 0 Å². The summed E-state index contributed by atoms with van der Waals surface area (Å²) in [4.78, 5) is 13.7. The van der Waals surface area contributed by atoms with Crippen molar-refractivity contribution in [1.29, 1.82) is 0 Å². The Morgan fingerprint density at radius 3 is 2.52 bits per heavy atom. The number of hydrogen-bond acceptors (Lipinski definition) is 3. The lowest BCUT2D eigenvalue weighted by atomic mass is 9.94. The van der Waals surface area contributed by atoms with E-state index in [9.17, 15) is 9.18 Å². The summed E-state index contributed by atoms with van der Waals surface area (Å²) in [7, 11) is 1.77. The summed E-state index contributed by atoms with van der Waals surface area (Å²) in [6, 6.07) is 3.43. The highest BCUT2D eigenvalue weighted by Crippen LogP contribution is 2.30. The Labute approximate surface area is 137 Å². The number of rotatable bonds is 2. The van der Waals surface area contributed by atoms with Crippen molar-refractivity contribution < 1.29 is 13.9 Å². The van der Waals surface area contributed by atoms with Crippen LogP contribution in [0.5, 0.6) is 0 Å². The molecule has 0 atom stereocenters. The lowest BCUT2D eigenvalue weighted by Gasteiger charge is -2.30. The van der Waals surface area contributed by atoms with Gasteiger partial charge in [0.2, 0.25) is 0 Å². The first-order chi connectivity index (χ1) is 10.7. The lowest BCUT2D eigenvalue weighted by molar-refractivity contribution is 0.0270. The van der Waals surface area contributed by atoms with Gasteiger partial charge >= 0.3 is 6.09 Å². The highest BCUT2D eigenvalue weighted by molar-refractivity contribution is 5.75. The number of halogens is 1. The zero-order valence-electron chi connectivity index (χ0n) is 14.5. The third kappa shape index (κ3) is 4.24. The minimum atomic E-state index is -0.507. The molecule has 0 spiro atoms. The zero-order chi connectivity index (χ0) is 17.2. The smallest absolute Gasteiger partial charge is 0.410 e. The number of benzene rings is 1. The van der Waals surface area contributed by atoms with Crippen LogP contribution in [-0.2, 0) is 4.74 Å². The van der Waals surface area contributed by atoms with E-state index in [-0.39, 0.29) is 11.9 Å². The fraction of sp³-hybridized carbons (Fsp3) is 0.500. The van der Waals surface area contributed by atoms with E-state index in [1.165, 1.54) is 6.07 Å². The normalized spacial score (nSPS) is 15.2. The Morgan fingerprint density at radius 1 is 1.35 bits per heavy atom. The molecule has 5 heteroatoms. The second-order valence-electron chi connectivity index (χ2n) is 6.81. The number of amides is 1. The number of nitrogens with zero attached hydrogens (tertiary/aromatic N) is 1. The first-order valence-corrected chi connectivity index (χ1v) is 7.86. The Kier molecular flexibility index (Phi) is 4.97. The third-order valence-electron chi connectivity index (χ3n) is 3.76. The molecule has 0 aromatic heterocycles. The Bertz CT molecular complexity index is 609. The standard InChI is InChI=1S/C18H25FN2O2/c1-12-10-14(20-5)11-15(19)16(12)13-6-8-21(9-7-13)17(22)23-18(2,3)4/h6,10-11,20H,7-9H2,1-5H3. The van der Waals surface area contributed by atoms with Crippen molar-refractivity contribution in [3.8, 4) is 0 Å². The summed E-state index contributed by atoms with van der Waals surface area (Å²) in [5, 5.41) is 2.95. The van der Waals surface area contributed by atoms with Crippen LogP contribution in [0.3, 0.4) is 0 Å². The molecule has 0 fully saturated rings. The van der Waals surface area contributed by atoms with Crippen LogP contribution in [0, 0.1) is 12.7 Å². The van der Waals surface area contributed by atoms with E-state index >= 15 is 0 Å². The molecule has 0 saturated heterocycles. The highest BCUT2D eigenvalue weighted by Gasteiger charge is 2.25. The molecule has 1 aliphatic heterocycles. The third-order valence-corrected chi connectivity index (χ3v) is 3.76. The molecule has 0 saturated carbocycles.